The predicted molar refractivity (Wildman–Crippen MR) is 105 cm³/mol. The molecule has 0 spiro atoms. The summed E-state index contributed by atoms with van der Waals surface area (Å²) >= 11 is 1.51. The molecule has 28 heavy (non-hydrogen) atoms. The molecule has 0 atom stereocenters. The maximum absolute atomic E-state index is 12.6. The lowest BCUT2D eigenvalue weighted by molar-refractivity contribution is 0.0588. The summed E-state index contributed by atoms with van der Waals surface area (Å²) in [5.41, 5.74) is 0.895. The van der Waals surface area contributed by atoms with Gasteiger partial charge in [0, 0.05) is 45.1 Å². The molecule has 1 aliphatic heterocycles. The van der Waals surface area contributed by atoms with Crippen LogP contribution in [0.15, 0.2) is 35.1 Å². The third kappa shape index (κ3) is 3.70. The van der Waals surface area contributed by atoms with Gasteiger partial charge in [0.25, 0.3) is 16.7 Å². The molecule has 0 radical (unpaired) electrons. The Balaban J connectivity index is 1.38. The average Bonchev–Trinajstić information content (AvgIpc) is 3.11. The lowest BCUT2D eigenvalue weighted by atomic mass is 10.1. The van der Waals surface area contributed by atoms with E-state index in [4.69, 9.17) is 9.47 Å². The number of aromatic nitrogens is 3. The van der Waals surface area contributed by atoms with Gasteiger partial charge in [-0.1, -0.05) is 11.3 Å². The van der Waals surface area contributed by atoms with Crippen LogP contribution >= 0.6 is 11.3 Å². The Kier molecular flexibility index (Phi) is 4.99. The summed E-state index contributed by atoms with van der Waals surface area (Å²) < 4.78 is 13.5. The number of thiazole rings is 1. The van der Waals surface area contributed by atoms with Crippen LogP contribution in [0.4, 0.5) is 0 Å². The fourth-order valence-electron chi connectivity index (χ4n) is 3.16. The average molecular weight is 400 g/mol. The van der Waals surface area contributed by atoms with Crippen molar-refractivity contribution in [3.8, 4) is 10.9 Å². The van der Waals surface area contributed by atoms with Gasteiger partial charge in [-0.3, -0.25) is 9.59 Å². The van der Waals surface area contributed by atoms with Crippen LogP contribution in [0.3, 0.4) is 0 Å². The molecule has 1 fully saturated rings. The fourth-order valence-corrected chi connectivity index (χ4v) is 4.02. The van der Waals surface area contributed by atoms with Gasteiger partial charge in [0.2, 0.25) is 0 Å². The number of hydrogen-bond acceptors (Lipinski definition) is 7. The van der Waals surface area contributed by atoms with Gasteiger partial charge in [0.1, 0.15) is 17.5 Å². The van der Waals surface area contributed by atoms with Crippen molar-refractivity contribution >= 4 is 27.5 Å². The normalized spacial score (nSPS) is 15.0. The minimum absolute atomic E-state index is 0.0135. The Bertz CT molecular complexity index is 1070. The first-order valence-electron chi connectivity index (χ1n) is 8.98. The van der Waals surface area contributed by atoms with Gasteiger partial charge in [0.05, 0.1) is 17.3 Å². The van der Waals surface area contributed by atoms with Crippen LogP contribution < -0.4 is 15.0 Å². The molecule has 1 aromatic carbocycles. The summed E-state index contributed by atoms with van der Waals surface area (Å²) in [6.07, 6.45) is 1.45. The smallest absolute Gasteiger partial charge is 0.274 e. The van der Waals surface area contributed by atoms with Crippen molar-refractivity contribution in [2.45, 2.75) is 18.9 Å². The van der Waals surface area contributed by atoms with E-state index in [1.807, 2.05) is 18.2 Å². The van der Waals surface area contributed by atoms with Gasteiger partial charge in [-0.25, -0.2) is 9.67 Å². The molecule has 0 bridgehead atoms. The van der Waals surface area contributed by atoms with Crippen molar-refractivity contribution in [3.63, 3.8) is 0 Å². The Hall–Kier alpha value is -2.94. The molecular weight excluding hydrogens is 380 g/mol. The molecule has 3 aromatic rings. The Morgan fingerprint density at radius 2 is 2.00 bits per heavy atom. The van der Waals surface area contributed by atoms with Gasteiger partial charge < -0.3 is 14.4 Å². The topological polar surface area (TPSA) is 86.5 Å². The first kappa shape index (κ1) is 18.4. The number of hydrogen-bond donors (Lipinski definition) is 0. The highest BCUT2D eigenvalue weighted by molar-refractivity contribution is 7.20. The third-order valence-corrected chi connectivity index (χ3v) is 5.68. The van der Waals surface area contributed by atoms with E-state index >= 15 is 0 Å². The number of aryl methyl sites for hydroxylation is 1. The number of methoxy groups -OCH3 is 1. The zero-order valence-electron chi connectivity index (χ0n) is 15.6. The van der Waals surface area contributed by atoms with Gasteiger partial charge in [-0.15, -0.1) is 0 Å². The van der Waals surface area contributed by atoms with Gasteiger partial charge in [-0.2, -0.15) is 5.10 Å². The Labute approximate surface area is 165 Å². The van der Waals surface area contributed by atoms with E-state index in [1.54, 1.807) is 12.0 Å². The molecular formula is C19H20N4O4S. The number of ether oxygens (including phenoxy) is 2. The molecule has 2 aromatic heterocycles. The third-order valence-electron chi connectivity index (χ3n) is 4.75. The Morgan fingerprint density at radius 1 is 1.21 bits per heavy atom. The van der Waals surface area contributed by atoms with Crippen molar-refractivity contribution in [1.82, 2.24) is 19.7 Å². The van der Waals surface area contributed by atoms with E-state index in [0.717, 1.165) is 28.8 Å². The van der Waals surface area contributed by atoms with E-state index in [9.17, 15) is 9.59 Å². The van der Waals surface area contributed by atoms with Crippen molar-refractivity contribution in [3.05, 3.63) is 46.4 Å². The van der Waals surface area contributed by atoms with Crippen molar-refractivity contribution in [2.75, 3.05) is 20.2 Å². The molecule has 1 amide bonds. The van der Waals surface area contributed by atoms with E-state index < -0.39 is 0 Å². The van der Waals surface area contributed by atoms with Crippen molar-refractivity contribution in [1.29, 1.82) is 0 Å². The molecule has 0 aliphatic carbocycles. The molecule has 3 heterocycles. The van der Waals surface area contributed by atoms with Crippen LogP contribution in [0.2, 0.25) is 0 Å². The summed E-state index contributed by atoms with van der Waals surface area (Å²) in [5.74, 6) is 0.601. The number of amides is 1. The lowest BCUT2D eigenvalue weighted by Crippen LogP contribution is -2.42. The van der Waals surface area contributed by atoms with E-state index in [0.29, 0.717) is 18.3 Å². The molecule has 146 valence electrons. The minimum atomic E-state index is -0.239. The maximum atomic E-state index is 12.6. The minimum Gasteiger partial charge on any atom is -0.497 e. The monoisotopic (exact) mass is 400 g/mol. The molecule has 0 N–H and O–H groups in total. The zero-order chi connectivity index (χ0) is 19.7. The number of carbonyl (C=O) groups is 1. The number of benzene rings is 1. The second-order valence-corrected chi connectivity index (χ2v) is 7.60. The molecule has 8 nitrogen and oxygen atoms in total. The summed E-state index contributed by atoms with van der Waals surface area (Å²) in [5, 5.41) is 4.67. The van der Waals surface area contributed by atoms with Crippen LogP contribution in [0.1, 0.15) is 23.3 Å². The highest BCUT2D eigenvalue weighted by Crippen LogP contribution is 2.32. The SMILES string of the molecule is COc1ccc2sc(OC3CCN(C(=O)c4ccc(=O)n(C)n4)CC3)nc2c1. The summed E-state index contributed by atoms with van der Waals surface area (Å²) in [6, 6.07) is 8.60. The van der Waals surface area contributed by atoms with Crippen LogP contribution in [0.5, 0.6) is 10.9 Å². The quantitative estimate of drug-likeness (QED) is 0.667. The first-order valence-corrected chi connectivity index (χ1v) is 9.80. The zero-order valence-corrected chi connectivity index (χ0v) is 16.4. The van der Waals surface area contributed by atoms with Gasteiger partial charge in [0.15, 0.2) is 0 Å². The highest BCUT2D eigenvalue weighted by Gasteiger charge is 2.26. The predicted octanol–water partition coefficient (Wildman–Crippen LogP) is 2.08. The van der Waals surface area contributed by atoms with Crippen LogP contribution in [-0.2, 0) is 7.05 Å². The van der Waals surface area contributed by atoms with Crippen LogP contribution in [0.25, 0.3) is 10.2 Å². The van der Waals surface area contributed by atoms with E-state index in [1.165, 1.54) is 35.2 Å². The molecule has 1 aliphatic rings. The standard InChI is InChI=1S/C19H20N4O4S/c1-22-17(24)6-4-14(21-22)18(25)23-9-7-12(8-10-23)27-19-20-15-11-13(26-2)3-5-16(15)28-19/h3-6,11-12H,7-10H2,1-2H3. The number of fused-ring (bicyclic) bond motifs is 1. The van der Waals surface area contributed by atoms with E-state index in [-0.39, 0.29) is 23.3 Å². The Morgan fingerprint density at radius 3 is 2.71 bits per heavy atom. The highest BCUT2D eigenvalue weighted by atomic mass is 32.1. The lowest BCUT2D eigenvalue weighted by Gasteiger charge is -2.31. The molecule has 0 unspecified atom stereocenters. The second-order valence-electron chi connectivity index (χ2n) is 6.60. The van der Waals surface area contributed by atoms with Crippen LogP contribution in [-0.4, -0.2) is 51.9 Å². The molecule has 0 saturated carbocycles. The van der Waals surface area contributed by atoms with Crippen LogP contribution in [0, 0.1) is 0 Å². The molecule has 4 rings (SSSR count). The van der Waals surface area contributed by atoms with Crippen molar-refractivity contribution < 1.29 is 14.3 Å². The molecule has 1 saturated heterocycles. The number of rotatable bonds is 4. The summed E-state index contributed by atoms with van der Waals surface area (Å²) in [7, 11) is 3.16. The second kappa shape index (κ2) is 7.59. The fraction of sp³-hybridized carbons (Fsp3) is 0.368. The molecule has 9 heteroatoms. The summed E-state index contributed by atoms with van der Waals surface area (Å²) in [6.45, 7) is 1.15. The number of nitrogens with zero attached hydrogens (tertiary/aromatic N) is 4. The number of piperidine rings is 1. The van der Waals surface area contributed by atoms with Crippen molar-refractivity contribution in [2.24, 2.45) is 7.05 Å². The van der Waals surface area contributed by atoms with E-state index in [2.05, 4.69) is 10.1 Å². The first-order chi connectivity index (χ1) is 13.5. The van der Waals surface area contributed by atoms with Gasteiger partial charge in [-0.05, 0) is 18.2 Å². The number of carbonyl (C=O) groups excluding carboxylic acids is 1. The maximum Gasteiger partial charge on any atom is 0.274 e. The summed E-state index contributed by atoms with van der Waals surface area (Å²) in [4.78, 5) is 30.3. The largest absolute Gasteiger partial charge is 0.497 e. The number of likely N-dealkylation sites (tertiary alicyclic amines) is 1. The van der Waals surface area contributed by atoms with Gasteiger partial charge >= 0.3 is 0 Å².